The summed E-state index contributed by atoms with van der Waals surface area (Å²) in [6.07, 6.45) is 5.63. The molecule has 1 N–H and O–H groups in total. The van der Waals surface area contributed by atoms with Crippen molar-refractivity contribution in [2.24, 2.45) is 0 Å². The molecule has 0 aliphatic carbocycles. The van der Waals surface area contributed by atoms with Gasteiger partial charge in [-0.1, -0.05) is 49.2 Å². The summed E-state index contributed by atoms with van der Waals surface area (Å²) in [7, 11) is 1.42. The van der Waals surface area contributed by atoms with Gasteiger partial charge in [-0.15, -0.1) is 0 Å². The summed E-state index contributed by atoms with van der Waals surface area (Å²) in [6, 6.07) is 9.46. The number of amides is 1. The number of anilines is 1. The smallest absolute Gasteiger partial charge is 0.305 e. The third kappa shape index (κ3) is 9.13. The Hall–Kier alpha value is -1.49. The fourth-order valence-corrected chi connectivity index (χ4v) is 2.57. The van der Waals surface area contributed by atoms with E-state index in [4.69, 9.17) is 0 Å². The fraction of sp³-hybridized carbons (Fsp3) is 0.500. The van der Waals surface area contributed by atoms with Crippen LogP contribution in [-0.4, -0.2) is 24.1 Å². The van der Waals surface area contributed by atoms with Crippen molar-refractivity contribution in [3.8, 4) is 0 Å². The highest BCUT2D eigenvalue weighted by molar-refractivity contribution is 8.13. The molecule has 5 heteroatoms. The van der Waals surface area contributed by atoms with E-state index in [0.29, 0.717) is 6.42 Å². The molecule has 21 heavy (non-hydrogen) atoms. The molecule has 1 aromatic carbocycles. The lowest BCUT2D eigenvalue weighted by Crippen LogP contribution is -2.05. The van der Waals surface area contributed by atoms with Crippen LogP contribution >= 0.6 is 11.8 Å². The second-order valence-corrected chi connectivity index (χ2v) is 5.79. The number of hydrogen-bond acceptors (Lipinski definition) is 4. The van der Waals surface area contributed by atoms with Crippen molar-refractivity contribution in [2.75, 3.05) is 18.2 Å². The standard InChI is InChI=1S/C16H23NO3S/c1-20-15(18)12-8-3-2-4-9-13-21-16(19)17-14-10-6-5-7-11-14/h5-7,10-11H,2-4,8-9,12-13H2,1H3,(H,17,19). The van der Waals surface area contributed by atoms with Crippen molar-refractivity contribution >= 4 is 28.7 Å². The number of carbonyl (C=O) groups is 2. The van der Waals surface area contributed by atoms with Gasteiger partial charge >= 0.3 is 5.97 Å². The molecule has 0 spiro atoms. The number of unbranched alkanes of at least 4 members (excludes halogenated alkanes) is 4. The highest BCUT2D eigenvalue weighted by Crippen LogP contribution is 2.14. The molecule has 0 saturated heterocycles. The molecule has 1 amide bonds. The van der Waals surface area contributed by atoms with Gasteiger partial charge in [0.2, 0.25) is 0 Å². The first kappa shape index (κ1) is 17.6. The molecular weight excluding hydrogens is 286 g/mol. The zero-order chi connectivity index (χ0) is 15.3. The van der Waals surface area contributed by atoms with Crippen molar-refractivity contribution < 1.29 is 14.3 Å². The van der Waals surface area contributed by atoms with E-state index in [9.17, 15) is 9.59 Å². The van der Waals surface area contributed by atoms with Crippen LogP contribution in [-0.2, 0) is 9.53 Å². The van der Waals surface area contributed by atoms with Gasteiger partial charge in [0.25, 0.3) is 5.24 Å². The van der Waals surface area contributed by atoms with E-state index in [1.165, 1.54) is 18.9 Å². The number of esters is 1. The maximum atomic E-state index is 11.7. The molecule has 0 aliphatic heterocycles. The highest BCUT2D eigenvalue weighted by Gasteiger charge is 2.03. The van der Waals surface area contributed by atoms with Crippen LogP contribution in [0.1, 0.15) is 38.5 Å². The lowest BCUT2D eigenvalue weighted by atomic mass is 10.1. The lowest BCUT2D eigenvalue weighted by molar-refractivity contribution is -0.140. The van der Waals surface area contributed by atoms with Gasteiger partial charge in [-0.2, -0.15) is 0 Å². The number of benzene rings is 1. The second kappa shape index (κ2) is 11.2. The van der Waals surface area contributed by atoms with Crippen molar-refractivity contribution in [2.45, 2.75) is 38.5 Å². The summed E-state index contributed by atoms with van der Waals surface area (Å²) < 4.78 is 4.58. The number of hydrogen-bond donors (Lipinski definition) is 1. The zero-order valence-electron chi connectivity index (χ0n) is 12.5. The Balaban J connectivity index is 1.94. The maximum Gasteiger partial charge on any atom is 0.305 e. The van der Waals surface area contributed by atoms with Gasteiger partial charge < -0.3 is 10.1 Å². The average molecular weight is 309 g/mol. The van der Waals surface area contributed by atoms with Crippen molar-refractivity contribution in [3.63, 3.8) is 0 Å². The van der Waals surface area contributed by atoms with Gasteiger partial charge in [-0.05, 0) is 25.0 Å². The molecule has 0 bridgehead atoms. The quantitative estimate of drug-likeness (QED) is 0.540. The minimum atomic E-state index is -0.136. The number of thioether (sulfide) groups is 1. The van der Waals surface area contributed by atoms with Crippen LogP contribution in [0.3, 0.4) is 0 Å². The van der Waals surface area contributed by atoms with Gasteiger partial charge in [0.05, 0.1) is 7.11 Å². The maximum absolute atomic E-state index is 11.7. The number of carbonyl (C=O) groups excluding carboxylic acids is 2. The Morgan fingerprint density at radius 2 is 1.71 bits per heavy atom. The number of rotatable bonds is 9. The Morgan fingerprint density at radius 3 is 2.43 bits per heavy atom. The van der Waals surface area contributed by atoms with Crippen molar-refractivity contribution in [3.05, 3.63) is 30.3 Å². The van der Waals surface area contributed by atoms with Crippen molar-refractivity contribution in [1.82, 2.24) is 0 Å². The molecule has 0 unspecified atom stereocenters. The molecule has 0 aliphatic rings. The predicted molar refractivity (Wildman–Crippen MR) is 87.6 cm³/mol. The van der Waals surface area contributed by atoms with Gasteiger partial charge in [0.15, 0.2) is 0 Å². The first-order valence-corrected chi connectivity index (χ1v) is 8.26. The molecule has 1 aromatic rings. The molecule has 4 nitrogen and oxygen atoms in total. The van der Waals surface area contributed by atoms with Crippen LogP contribution in [0.4, 0.5) is 10.5 Å². The topological polar surface area (TPSA) is 55.4 Å². The largest absolute Gasteiger partial charge is 0.469 e. The summed E-state index contributed by atoms with van der Waals surface area (Å²) >= 11 is 1.32. The average Bonchev–Trinajstić information content (AvgIpc) is 2.50. The summed E-state index contributed by atoms with van der Waals surface area (Å²) in [6.45, 7) is 0. The van der Waals surface area contributed by atoms with E-state index >= 15 is 0 Å². The Bertz CT molecular complexity index is 423. The fourth-order valence-electron chi connectivity index (χ4n) is 1.84. The van der Waals surface area contributed by atoms with Crippen molar-refractivity contribution in [1.29, 1.82) is 0 Å². The molecule has 0 aromatic heterocycles. The summed E-state index contributed by atoms with van der Waals surface area (Å²) in [5.74, 6) is 0.693. The third-order valence-corrected chi connectivity index (χ3v) is 3.86. The van der Waals surface area contributed by atoms with Crippen LogP contribution < -0.4 is 5.32 Å². The monoisotopic (exact) mass is 309 g/mol. The highest BCUT2D eigenvalue weighted by atomic mass is 32.2. The minimum Gasteiger partial charge on any atom is -0.469 e. The predicted octanol–water partition coefficient (Wildman–Crippen LogP) is 4.47. The van der Waals surface area contributed by atoms with Gasteiger partial charge in [-0.25, -0.2) is 0 Å². The number of nitrogens with one attached hydrogen (secondary N) is 1. The second-order valence-electron chi connectivity index (χ2n) is 4.72. The lowest BCUT2D eigenvalue weighted by Gasteiger charge is -2.04. The molecule has 0 radical (unpaired) electrons. The van der Waals surface area contributed by atoms with E-state index in [2.05, 4.69) is 10.1 Å². The van der Waals surface area contributed by atoms with Crippen LogP contribution in [0, 0.1) is 0 Å². The Kier molecular flexibility index (Phi) is 9.37. The molecule has 0 atom stereocenters. The van der Waals surface area contributed by atoms with E-state index in [-0.39, 0.29) is 11.2 Å². The van der Waals surface area contributed by atoms with Gasteiger partial charge in [-0.3, -0.25) is 9.59 Å². The molecule has 0 saturated carbocycles. The molecular formula is C16H23NO3S. The number of para-hydroxylation sites is 1. The SMILES string of the molecule is COC(=O)CCCCCCCSC(=O)Nc1ccccc1. The van der Waals surface area contributed by atoms with E-state index in [1.807, 2.05) is 30.3 Å². The van der Waals surface area contributed by atoms with Gasteiger partial charge in [0, 0.05) is 17.9 Å². The molecule has 0 heterocycles. The number of methoxy groups -OCH3 is 1. The number of ether oxygens (including phenoxy) is 1. The summed E-state index contributed by atoms with van der Waals surface area (Å²) in [5, 5.41) is 2.84. The van der Waals surface area contributed by atoms with Crippen LogP contribution in [0.25, 0.3) is 0 Å². The Labute approximate surface area is 130 Å². The Morgan fingerprint density at radius 1 is 1.05 bits per heavy atom. The van der Waals surface area contributed by atoms with Crippen LogP contribution in [0.2, 0.25) is 0 Å². The molecule has 1 rings (SSSR count). The van der Waals surface area contributed by atoms with E-state index in [1.54, 1.807) is 0 Å². The summed E-state index contributed by atoms with van der Waals surface area (Å²) in [4.78, 5) is 22.6. The molecule has 116 valence electrons. The van der Waals surface area contributed by atoms with Crippen LogP contribution in [0.15, 0.2) is 30.3 Å². The normalized spacial score (nSPS) is 10.1. The first-order chi connectivity index (χ1) is 10.2. The van der Waals surface area contributed by atoms with Crippen LogP contribution in [0.5, 0.6) is 0 Å². The summed E-state index contributed by atoms with van der Waals surface area (Å²) in [5.41, 5.74) is 0.831. The third-order valence-electron chi connectivity index (χ3n) is 3.01. The molecule has 0 fully saturated rings. The zero-order valence-corrected chi connectivity index (χ0v) is 13.3. The minimum absolute atomic E-state index is 0.00751. The first-order valence-electron chi connectivity index (χ1n) is 7.28. The van der Waals surface area contributed by atoms with E-state index in [0.717, 1.165) is 43.5 Å². The van der Waals surface area contributed by atoms with E-state index < -0.39 is 0 Å². The van der Waals surface area contributed by atoms with Gasteiger partial charge in [0.1, 0.15) is 0 Å².